The van der Waals surface area contributed by atoms with E-state index in [1.165, 1.54) is 0 Å². The fourth-order valence-electron chi connectivity index (χ4n) is 0.459. The first kappa shape index (κ1) is 7.47. The molecule has 0 aromatic heterocycles. The van der Waals surface area contributed by atoms with Crippen molar-refractivity contribution >= 4 is 5.90 Å². The van der Waals surface area contributed by atoms with Crippen molar-refractivity contribution < 1.29 is 4.74 Å². The summed E-state index contributed by atoms with van der Waals surface area (Å²) in [6.07, 6.45) is 0. The van der Waals surface area contributed by atoms with E-state index in [2.05, 4.69) is 0 Å². The standard InChI is InChI=1S/C6H13NO/c1-5(7)8-6(2,3)4/h7H,1-4H3. The molecule has 0 spiro atoms. The fraction of sp³-hybridized carbons (Fsp3) is 0.833. The maximum Gasteiger partial charge on any atom is 0.177 e. The summed E-state index contributed by atoms with van der Waals surface area (Å²) in [7, 11) is 0. The molecule has 0 atom stereocenters. The second kappa shape index (κ2) is 2.16. The van der Waals surface area contributed by atoms with Gasteiger partial charge in [-0.25, -0.2) is 0 Å². The van der Waals surface area contributed by atoms with Crippen LogP contribution in [0.2, 0.25) is 0 Å². The molecule has 0 aromatic carbocycles. The third-order valence-electron chi connectivity index (χ3n) is 0.459. The predicted molar refractivity (Wildman–Crippen MR) is 34.2 cm³/mol. The first-order chi connectivity index (χ1) is 3.42. The van der Waals surface area contributed by atoms with Crippen LogP contribution >= 0.6 is 0 Å². The van der Waals surface area contributed by atoms with E-state index in [1.54, 1.807) is 6.92 Å². The van der Waals surface area contributed by atoms with Crippen molar-refractivity contribution in [3.63, 3.8) is 0 Å². The molecule has 0 amide bonds. The van der Waals surface area contributed by atoms with Gasteiger partial charge in [-0.3, -0.25) is 5.41 Å². The quantitative estimate of drug-likeness (QED) is 0.379. The van der Waals surface area contributed by atoms with E-state index in [-0.39, 0.29) is 11.5 Å². The minimum Gasteiger partial charge on any atom is -0.476 e. The average molecular weight is 115 g/mol. The molecule has 0 saturated heterocycles. The van der Waals surface area contributed by atoms with Gasteiger partial charge in [0, 0.05) is 6.92 Å². The highest BCUT2D eigenvalue weighted by molar-refractivity contribution is 5.69. The fourth-order valence-corrected chi connectivity index (χ4v) is 0.459. The van der Waals surface area contributed by atoms with Crippen LogP contribution < -0.4 is 0 Å². The molecule has 0 fully saturated rings. The summed E-state index contributed by atoms with van der Waals surface area (Å²) in [5, 5.41) is 6.93. The highest BCUT2D eigenvalue weighted by atomic mass is 16.5. The summed E-state index contributed by atoms with van der Waals surface area (Å²) < 4.78 is 5.02. The predicted octanol–water partition coefficient (Wildman–Crippen LogP) is 1.80. The summed E-state index contributed by atoms with van der Waals surface area (Å²) in [5.74, 6) is 0.275. The van der Waals surface area contributed by atoms with E-state index in [4.69, 9.17) is 10.1 Å². The van der Waals surface area contributed by atoms with Crippen molar-refractivity contribution in [2.45, 2.75) is 33.3 Å². The molecule has 0 bridgehead atoms. The number of ether oxygens (including phenoxy) is 1. The minimum absolute atomic E-state index is 0.203. The Morgan fingerprint density at radius 2 is 1.75 bits per heavy atom. The average Bonchev–Trinajstić information content (AvgIpc) is 1.21. The summed E-state index contributed by atoms with van der Waals surface area (Å²) in [4.78, 5) is 0. The minimum atomic E-state index is -0.203. The Kier molecular flexibility index (Phi) is 2.02. The summed E-state index contributed by atoms with van der Waals surface area (Å²) >= 11 is 0. The molecule has 1 N–H and O–H groups in total. The summed E-state index contributed by atoms with van der Waals surface area (Å²) in [6, 6.07) is 0. The van der Waals surface area contributed by atoms with E-state index in [9.17, 15) is 0 Å². The lowest BCUT2D eigenvalue weighted by Crippen LogP contribution is -2.21. The molecule has 0 saturated carbocycles. The molecule has 0 aliphatic heterocycles. The van der Waals surface area contributed by atoms with Gasteiger partial charge in [-0.1, -0.05) is 0 Å². The molecule has 0 aliphatic rings. The maximum atomic E-state index is 6.93. The van der Waals surface area contributed by atoms with Gasteiger partial charge < -0.3 is 4.74 Å². The Hall–Kier alpha value is -0.530. The van der Waals surface area contributed by atoms with E-state index < -0.39 is 0 Å². The summed E-state index contributed by atoms with van der Waals surface area (Å²) in [6.45, 7) is 7.40. The second-order valence-corrected chi connectivity index (χ2v) is 2.77. The van der Waals surface area contributed by atoms with Gasteiger partial charge in [0.05, 0.1) is 0 Å². The molecule has 2 nitrogen and oxygen atoms in total. The van der Waals surface area contributed by atoms with Crippen LogP contribution in [0.5, 0.6) is 0 Å². The van der Waals surface area contributed by atoms with Gasteiger partial charge in [0.2, 0.25) is 0 Å². The number of hydrogen-bond donors (Lipinski definition) is 1. The van der Waals surface area contributed by atoms with Crippen LogP contribution in [0, 0.1) is 5.41 Å². The molecule has 0 aromatic rings. The number of rotatable bonds is 0. The number of nitrogens with one attached hydrogen (secondary N) is 1. The number of hydrogen-bond acceptors (Lipinski definition) is 2. The zero-order chi connectivity index (χ0) is 6.78. The monoisotopic (exact) mass is 115 g/mol. The van der Waals surface area contributed by atoms with Gasteiger partial charge in [-0.05, 0) is 20.8 Å². The van der Waals surface area contributed by atoms with Crippen LogP contribution in [0.1, 0.15) is 27.7 Å². The Morgan fingerprint density at radius 3 is 1.75 bits per heavy atom. The molecule has 0 heterocycles. The van der Waals surface area contributed by atoms with Crippen LogP contribution in [-0.4, -0.2) is 11.5 Å². The van der Waals surface area contributed by atoms with Crippen molar-refractivity contribution in [3.05, 3.63) is 0 Å². The molecule has 0 unspecified atom stereocenters. The van der Waals surface area contributed by atoms with Gasteiger partial charge in [0.1, 0.15) is 5.60 Å². The van der Waals surface area contributed by atoms with E-state index >= 15 is 0 Å². The Labute approximate surface area is 50.4 Å². The van der Waals surface area contributed by atoms with Gasteiger partial charge in [-0.15, -0.1) is 0 Å². The van der Waals surface area contributed by atoms with E-state index in [0.717, 1.165) is 0 Å². The topological polar surface area (TPSA) is 33.1 Å². The van der Waals surface area contributed by atoms with Crippen LogP contribution in [0.25, 0.3) is 0 Å². The van der Waals surface area contributed by atoms with Crippen molar-refractivity contribution in [1.29, 1.82) is 5.41 Å². The smallest absolute Gasteiger partial charge is 0.177 e. The Balaban J connectivity index is 3.55. The van der Waals surface area contributed by atoms with Gasteiger partial charge >= 0.3 is 0 Å². The van der Waals surface area contributed by atoms with E-state index in [1.807, 2.05) is 20.8 Å². The Morgan fingerprint density at radius 1 is 1.38 bits per heavy atom. The van der Waals surface area contributed by atoms with Gasteiger partial charge in [-0.2, -0.15) is 0 Å². The van der Waals surface area contributed by atoms with Gasteiger partial charge in [0.25, 0.3) is 0 Å². The van der Waals surface area contributed by atoms with E-state index in [0.29, 0.717) is 0 Å². The second-order valence-electron chi connectivity index (χ2n) is 2.77. The zero-order valence-electron chi connectivity index (χ0n) is 5.91. The molecular weight excluding hydrogens is 102 g/mol. The van der Waals surface area contributed by atoms with Crippen molar-refractivity contribution in [2.24, 2.45) is 0 Å². The molecule has 8 heavy (non-hydrogen) atoms. The van der Waals surface area contributed by atoms with Crippen LogP contribution in [0.3, 0.4) is 0 Å². The molecule has 0 rings (SSSR count). The first-order valence-electron chi connectivity index (χ1n) is 2.66. The van der Waals surface area contributed by atoms with Gasteiger partial charge in [0.15, 0.2) is 5.90 Å². The third-order valence-corrected chi connectivity index (χ3v) is 0.459. The van der Waals surface area contributed by atoms with Crippen LogP contribution in [0.4, 0.5) is 0 Å². The van der Waals surface area contributed by atoms with Crippen LogP contribution in [-0.2, 0) is 4.74 Å². The molecule has 48 valence electrons. The third kappa shape index (κ3) is 5.47. The van der Waals surface area contributed by atoms with Crippen molar-refractivity contribution in [3.8, 4) is 0 Å². The lowest BCUT2D eigenvalue weighted by molar-refractivity contribution is 0.114. The zero-order valence-corrected chi connectivity index (χ0v) is 5.91. The Bertz CT molecular complexity index is 91.2. The largest absolute Gasteiger partial charge is 0.476 e. The molecule has 2 heteroatoms. The van der Waals surface area contributed by atoms with Crippen molar-refractivity contribution in [1.82, 2.24) is 0 Å². The normalized spacial score (nSPS) is 11.0. The lowest BCUT2D eigenvalue weighted by atomic mass is 10.2. The first-order valence-corrected chi connectivity index (χ1v) is 2.66. The van der Waals surface area contributed by atoms with Crippen LogP contribution in [0.15, 0.2) is 0 Å². The summed E-state index contributed by atoms with van der Waals surface area (Å²) in [5.41, 5.74) is -0.203. The lowest BCUT2D eigenvalue weighted by Gasteiger charge is -2.19. The highest BCUT2D eigenvalue weighted by Gasteiger charge is 2.09. The molecular formula is C6H13NO. The molecule has 0 radical (unpaired) electrons. The van der Waals surface area contributed by atoms with Crippen molar-refractivity contribution in [2.75, 3.05) is 0 Å². The maximum absolute atomic E-state index is 6.93. The SMILES string of the molecule is CC(=N)OC(C)(C)C. The molecule has 0 aliphatic carbocycles. The highest BCUT2D eigenvalue weighted by Crippen LogP contribution is 2.05.